The van der Waals surface area contributed by atoms with Gasteiger partial charge in [-0.2, -0.15) is 0 Å². The maximum absolute atomic E-state index is 6.44. The average molecular weight is 330 g/mol. The molecule has 1 aromatic carbocycles. The highest BCUT2D eigenvalue weighted by molar-refractivity contribution is 5.44. The Kier molecular flexibility index (Phi) is 4.44. The van der Waals surface area contributed by atoms with Crippen molar-refractivity contribution in [2.75, 3.05) is 20.7 Å². The summed E-state index contributed by atoms with van der Waals surface area (Å²) in [6, 6.07) is 6.33. The van der Waals surface area contributed by atoms with Crippen LogP contribution in [0.3, 0.4) is 0 Å². The second-order valence-electron chi connectivity index (χ2n) is 7.86. The summed E-state index contributed by atoms with van der Waals surface area (Å²) in [5.74, 6) is 5.49. The van der Waals surface area contributed by atoms with Crippen LogP contribution < -0.4 is 20.5 Å². The topological polar surface area (TPSA) is 56.5 Å². The zero-order valence-electron chi connectivity index (χ0n) is 14.8. The maximum atomic E-state index is 6.44. The summed E-state index contributed by atoms with van der Waals surface area (Å²) in [4.78, 5) is 0. The predicted octanol–water partition coefficient (Wildman–Crippen LogP) is 3.12. The third kappa shape index (κ3) is 2.70. The number of likely N-dealkylation sites (N-methyl/N-ethyl adjacent to an activating group) is 1. The van der Waals surface area contributed by atoms with Gasteiger partial charge in [-0.25, -0.2) is 0 Å². The van der Waals surface area contributed by atoms with E-state index in [0.717, 1.165) is 40.7 Å². The molecule has 3 fully saturated rings. The van der Waals surface area contributed by atoms with Crippen LogP contribution in [0.15, 0.2) is 18.2 Å². The van der Waals surface area contributed by atoms with Gasteiger partial charge in [0.1, 0.15) is 0 Å². The Labute approximate surface area is 145 Å². The smallest absolute Gasteiger partial charge is 0.161 e. The van der Waals surface area contributed by atoms with Gasteiger partial charge in [-0.15, -0.1) is 0 Å². The molecule has 3 aliphatic rings. The SMILES string of the molecule is CNC(CN)c1ccc(OC)c(OC2CC3C4CCC(C4)C3C2)c1. The first-order valence-electron chi connectivity index (χ1n) is 9.45. The molecule has 132 valence electrons. The molecule has 5 unspecified atom stereocenters. The number of ether oxygens (including phenoxy) is 2. The van der Waals surface area contributed by atoms with Gasteiger partial charge in [-0.1, -0.05) is 6.07 Å². The Morgan fingerprint density at radius 3 is 2.42 bits per heavy atom. The van der Waals surface area contributed by atoms with Crippen molar-refractivity contribution in [1.29, 1.82) is 0 Å². The van der Waals surface area contributed by atoms with Crippen molar-refractivity contribution in [3.05, 3.63) is 23.8 Å². The first kappa shape index (κ1) is 16.2. The molecule has 24 heavy (non-hydrogen) atoms. The summed E-state index contributed by atoms with van der Waals surface area (Å²) < 4.78 is 12.0. The van der Waals surface area contributed by atoms with Crippen LogP contribution in [0.2, 0.25) is 0 Å². The number of methoxy groups -OCH3 is 1. The zero-order valence-corrected chi connectivity index (χ0v) is 14.8. The fraction of sp³-hybridized carbons (Fsp3) is 0.700. The van der Waals surface area contributed by atoms with Gasteiger partial charge in [-0.05, 0) is 80.5 Å². The van der Waals surface area contributed by atoms with Crippen LogP contribution in [0.25, 0.3) is 0 Å². The molecule has 0 aliphatic heterocycles. The lowest BCUT2D eigenvalue weighted by atomic mass is 9.82. The molecule has 0 saturated heterocycles. The van der Waals surface area contributed by atoms with Crippen LogP contribution >= 0.6 is 0 Å². The Morgan fingerprint density at radius 2 is 1.83 bits per heavy atom. The van der Waals surface area contributed by atoms with Crippen molar-refractivity contribution in [2.24, 2.45) is 29.4 Å². The van der Waals surface area contributed by atoms with Gasteiger partial charge in [0, 0.05) is 12.6 Å². The second-order valence-corrected chi connectivity index (χ2v) is 7.86. The number of benzene rings is 1. The minimum Gasteiger partial charge on any atom is -0.493 e. The summed E-state index contributed by atoms with van der Waals surface area (Å²) in [7, 11) is 3.65. The highest BCUT2D eigenvalue weighted by atomic mass is 16.5. The number of nitrogens with one attached hydrogen (secondary N) is 1. The third-order valence-corrected chi connectivity index (χ3v) is 6.81. The summed E-state index contributed by atoms with van der Waals surface area (Å²) in [6.07, 6.45) is 7.20. The van der Waals surface area contributed by atoms with Crippen molar-refractivity contribution < 1.29 is 9.47 Å². The molecule has 4 rings (SSSR count). The summed E-state index contributed by atoms with van der Waals surface area (Å²) in [5, 5.41) is 3.26. The van der Waals surface area contributed by atoms with Gasteiger partial charge in [0.2, 0.25) is 0 Å². The van der Waals surface area contributed by atoms with E-state index in [9.17, 15) is 0 Å². The predicted molar refractivity (Wildman–Crippen MR) is 95.3 cm³/mol. The number of nitrogens with two attached hydrogens (primary N) is 1. The molecule has 0 heterocycles. The van der Waals surface area contributed by atoms with E-state index in [0.29, 0.717) is 12.6 Å². The number of hydrogen-bond donors (Lipinski definition) is 2. The number of hydrogen-bond acceptors (Lipinski definition) is 4. The third-order valence-electron chi connectivity index (χ3n) is 6.81. The van der Waals surface area contributed by atoms with E-state index in [1.165, 1.54) is 32.1 Å². The van der Waals surface area contributed by atoms with Gasteiger partial charge in [0.15, 0.2) is 11.5 Å². The quantitative estimate of drug-likeness (QED) is 0.841. The Morgan fingerprint density at radius 1 is 1.12 bits per heavy atom. The fourth-order valence-electron chi connectivity index (χ4n) is 5.67. The molecule has 3 saturated carbocycles. The molecule has 4 heteroatoms. The van der Waals surface area contributed by atoms with E-state index in [1.807, 2.05) is 13.1 Å². The van der Waals surface area contributed by atoms with Gasteiger partial charge < -0.3 is 20.5 Å². The zero-order chi connectivity index (χ0) is 16.7. The highest BCUT2D eigenvalue weighted by Gasteiger charge is 2.52. The van der Waals surface area contributed by atoms with Gasteiger partial charge >= 0.3 is 0 Å². The van der Waals surface area contributed by atoms with Crippen LogP contribution in [-0.4, -0.2) is 26.8 Å². The summed E-state index contributed by atoms with van der Waals surface area (Å²) in [6.45, 7) is 0.569. The van der Waals surface area contributed by atoms with Crippen LogP contribution in [0.4, 0.5) is 0 Å². The molecule has 0 amide bonds. The minimum atomic E-state index is 0.150. The Bertz CT molecular complexity index is 569. The standard InChI is InChI=1S/C20H30N2O2/c1-22-18(11-21)14-5-6-19(23-2)20(8-14)24-15-9-16-12-3-4-13(7-12)17(16)10-15/h5-6,8,12-13,15-18,22H,3-4,7,9-11,21H2,1-2H3. The molecule has 4 nitrogen and oxygen atoms in total. The largest absolute Gasteiger partial charge is 0.493 e. The molecule has 1 aromatic rings. The van der Waals surface area contributed by atoms with Gasteiger partial charge in [-0.3, -0.25) is 0 Å². The average Bonchev–Trinajstić information content (AvgIpc) is 3.29. The monoisotopic (exact) mass is 330 g/mol. The van der Waals surface area contributed by atoms with Crippen molar-refractivity contribution in [1.82, 2.24) is 5.32 Å². The molecule has 2 bridgehead atoms. The lowest BCUT2D eigenvalue weighted by molar-refractivity contribution is 0.185. The van der Waals surface area contributed by atoms with Crippen LogP contribution in [0.5, 0.6) is 11.5 Å². The molecule has 0 radical (unpaired) electrons. The van der Waals surface area contributed by atoms with Crippen molar-refractivity contribution >= 4 is 0 Å². The normalized spacial score (nSPS) is 35.0. The highest BCUT2D eigenvalue weighted by Crippen LogP contribution is 2.59. The van der Waals surface area contributed by atoms with Crippen molar-refractivity contribution in [3.63, 3.8) is 0 Å². The molecule has 3 aliphatic carbocycles. The van der Waals surface area contributed by atoms with Crippen molar-refractivity contribution in [2.45, 2.75) is 44.2 Å². The molecular weight excluding hydrogens is 300 g/mol. The summed E-state index contributed by atoms with van der Waals surface area (Å²) >= 11 is 0. The molecule has 5 atom stereocenters. The lowest BCUT2D eigenvalue weighted by Gasteiger charge is -2.23. The summed E-state index contributed by atoms with van der Waals surface area (Å²) in [5.41, 5.74) is 7.03. The lowest BCUT2D eigenvalue weighted by Crippen LogP contribution is -2.25. The molecule has 3 N–H and O–H groups in total. The first-order chi connectivity index (χ1) is 11.7. The molecule has 0 spiro atoms. The van der Waals surface area contributed by atoms with Gasteiger partial charge in [0.25, 0.3) is 0 Å². The maximum Gasteiger partial charge on any atom is 0.161 e. The van der Waals surface area contributed by atoms with E-state index in [1.54, 1.807) is 7.11 Å². The minimum absolute atomic E-state index is 0.150. The van der Waals surface area contributed by atoms with Crippen molar-refractivity contribution in [3.8, 4) is 11.5 Å². The Balaban J connectivity index is 1.50. The fourth-order valence-corrected chi connectivity index (χ4v) is 5.67. The number of fused-ring (bicyclic) bond motifs is 5. The molecular formula is C20H30N2O2. The molecule has 0 aromatic heterocycles. The second kappa shape index (κ2) is 6.57. The van der Waals surface area contributed by atoms with Crippen LogP contribution in [-0.2, 0) is 0 Å². The number of rotatable bonds is 6. The van der Waals surface area contributed by atoms with E-state index in [4.69, 9.17) is 15.2 Å². The van der Waals surface area contributed by atoms with E-state index in [2.05, 4.69) is 17.4 Å². The van der Waals surface area contributed by atoms with E-state index in [-0.39, 0.29) is 6.04 Å². The van der Waals surface area contributed by atoms with Crippen LogP contribution in [0, 0.1) is 23.7 Å². The Hall–Kier alpha value is -1.26. The van der Waals surface area contributed by atoms with Gasteiger partial charge in [0.05, 0.1) is 13.2 Å². The first-order valence-corrected chi connectivity index (χ1v) is 9.45. The van der Waals surface area contributed by atoms with E-state index >= 15 is 0 Å². The van der Waals surface area contributed by atoms with Crippen LogP contribution in [0.1, 0.15) is 43.7 Å². The van der Waals surface area contributed by atoms with E-state index < -0.39 is 0 Å².